The largest absolute Gasteiger partial charge is 0.495 e. The number of rotatable bonds is 3. The Morgan fingerprint density at radius 1 is 1.37 bits per heavy atom. The molecule has 1 heterocycles. The molecule has 106 valence electrons. The molecule has 0 radical (unpaired) electrons. The molecule has 1 saturated heterocycles. The van der Waals surface area contributed by atoms with E-state index in [1.807, 2.05) is 0 Å². The lowest BCUT2D eigenvalue weighted by atomic mass is 9.79. The fourth-order valence-corrected chi connectivity index (χ4v) is 3.14. The van der Waals surface area contributed by atoms with E-state index >= 15 is 0 Å². The van der Waals surface area contributed by atoms with Crippen LogP contribution in [0.5, 0.6) is 5.75 Å². The maximum atomic E-state index is 5.52. The van der Waals surface area contributed by atoms with Crippen molar-refractivity contribution in [3.05, 3.63) is 23.8 Å². The van der Waals surface area contributed by atoms with Crippen molar-refractivity contribution in [3.8, 4) is 5.75 Å². The first-order chi connectivity index (χ1) is 8.97. The van der Waals surface area contributed by atoms with Crippen LogP contribution < -0.4 is 15.0 Å². The van der Waals surface area contributed by atoms with Crippen LogP contribution in [-0.4, -0.2) is 33.3 Å². The van der Waals surface area contributed by atoms with Crippen LogP contribution in [0.1, 0.15) is 25.8 Å². The van der Waals surface area contributed by atoms with Crippen LogP contribution in [0.25, 0.3) is 0 Å². The molecule has 1 unspecified atom stereocenters. The molecule has 1 atom stereocenters. The van der Waals surface area contributed by atoms with E-state index in [4.69, 9.17) is 4.74 Å². The first kappa shape index (κ1) is 14.2. The van der Waals surface area contributed by atoms with Crippen molar-refractivity contribution in [1.82, 2.24) is 5.32 Å². The van der Waals surface area contributed by atoms with Gasteiger partial charge in [-0.1, -0.05) is 19.9 Å². The Morgan fingerprint density at radius 3 is 2.68 bits per heavy atom. The van der Waals surface area contributed by atoms with Crippen molar-refractivity contribution in [1.29, 1.82) is 0 Å². The van der Waals surface area contributed by atoms with Crippen LogP contribution >= 0.6 is 0 Å². The van der Waals surface area contributed by atoms with Gasteiger partial charge in [-0.25, -0.2) is 0 Å². The second-order valence-electron chi connectivity index (χ2n) is 6.22. The van der Waals surface area contributed by atoms with Crippen LogP contribution in [0.4, 0.5) is 5.69 Å². The van der Waals surface area contributed by atoms with Crippen molar-refractivity contribution >= 4 is 5.69 Å². The summed E-state index contributed by atoms with van der Waals surface area (Å²) in [6.45, 7) is 8.94. The minimum absolute atomic E-state index is 0.266. The Labute approximate surface area is 116 Å². The van der Waals surface area contributed by atoms with Gasteiger partial charge in [-0.15, -0.1) is 0 Å². The third-order valence-electron chi connectivity index (χ3n) is 4.25. The van der Waals surface area contributed by atoms with Gasteiger partial charge in [0, 0.05) is 19.1 Å². The van der Waals surface area contributed by atoms with Crippen molar-refractivity contribution < 1.29 is 4.74 Å². The van der Waals surface area contributed by atoms with Crippen LogP contribution in [-0.2, 0) is 0 Å². The van der Waals surface area contributed by atoms with E-state index in [-0.39, 0.29) is 5.41 Å². The van der Waals surface area contributed by atoms with Crippen LogP contribution in [0.15, 0.2) is 18.2 Å². The minimum Gasteiger partial charge on any atom is -0.495 e. The third-order valence-corrected chi connectivity index (χ3v) is 4.25. The van der Waals surface area contributed by atoms with Crippen molar-refractivity contribution in [3.63, 3.8) is 0 Å². The number of anilines is 1. The quantitative estimate of drug-likeness (QED) is 0.906. The fourth-order valence-electron chi connectivity index (χ4n) is 3.14. The number of methoxy groups -OCH3 is 1. The molecular formula is C16H26N2O. The lowest BCUT2D eigenvalue weighted by Crippen LogP contribution is -2.53. The Hall–Kier alpha value is -1.22. The molecule has 1 N–H and O–H groups in total. The molecule has 1 aliphatic heterocycles. The Balaban J connectivity index is 2.26. The lowest BCUT2D eigenvalue weighted by molar-refractivity contribution is 0.214. The molecule has 1 aromatic rings. The smallest absolute Gasteiger partial charge is 0.142 e. The summed E-state index contributed by atoms with van der Waals surface area (Å²) in [6.07, 6.45) is 1.17. The summed E-state index contributed by atoms with van der Waals surface area (Å²) < 4.78 is 5.52. The second-order valence-corrected chi connectivity index (χ2v) is 6.22. The molecular weight excluding hydrogens is 236 g/mol. The molecule has 1 aliphatic rings. The van der Waals surface area contributed by atoms with Gasteiger partial charge in [-0.05, 0) is 43.5 Å². The number of nitrogens with one attached hydrogen (secondary N) is 1. The number of ether oxygens (including phenoxy) is 1. The molecule has 1 fully saturated rings. The number of hydrogen-bond donors (Lipinski definition) is 1. The van der Waals surface area contributed by atoms with Gasteiger partial charge in [0.05, 0.1) is 12.8 Å². The van der Waals surface area contributed by atoms with Gasteiger partial charge >= 0.3 is 0 Å². The molecule has 2 rings (SSSR count). The monoisotopic (exact) mass is 262 g/mol. The van der Waals surface area contributed by atoms with Gasteiger partial charge in [-0.3, -0.25) is 0 Å². The number of aryl methyl sites for hydroxylation is 1. The molecule has 1 aromatic carbocycles. The highest BCUT2D eigenvalue weighted by molar-refractivity contribution is 5.60. The first-order valence-corrected chi connectivity index (χ1v) is 7.05. The van der Waals surface area contributed by atoms with E-state index in [1.54, 1.807) is 7.11 Å². The predicted octanol–water partition coefficient (Wildman–Crippen LogP) is 2.83. The average molecular weight is 262 g/mol. The molecule has 0 saturated carbocycles. The van der Waals surface area contributed by atoms with E-state index < -0.39 is 0 Å². The molecule has 3 heteroatoms. The van der Waals surface area contributed by atoms with Gasteiger partial charge in [-0.2, -0.15) is 0 Å². The number of benzene rings is 1. The predicted molar refractivity (Wildman–Crippen MR) is 81.2 cm³/mol. The van der Waals surface area contributed by atoms with E-state index in [0.29, 0.717) is 6.04 Å². The highest BCUT2D eigenvalue weighted by Crippen LogP contribution is 2.36. The Kier molecular flexibility index (Phi) is 4.04. The number of nitrogens with zero attached hydrogens (tertiary/aromatic N) is 1. The standard InChI is InChI=1S/C16H26N2O/c1-12-6-7-14(19-5)13(10-12)18-9-8-15(17-4)16(2,3)11-18/h6-7,10,15,17H,8-9,11H2,1-5H3. The molecule has 19 heavy (non-hydrogen) atoms. The zero-order valence-corrected chi connectivity index (χ0v) is 12.8. The minimum atomic E-state index is 0.266. The summed E-state index contributed by atoms with van der Waals surface area (Å²) in [7, 11) is 3.81. The second kappa shape index (κ2) is 5.41. The zero-order valence-electron chi connectivity index (χ0n) is 12.8. The maximum absolute atomic E-state index is 5.52. The summed E-state index contributed by atoms with van der Waals surface area (Å²) in [5.41, 5.74) is 2.77. The van der Waals surface area contributed by atoms with Gasteiger partial charge in [0.2, 0.25) is 0 Å². The molecule has 0 bridgehead atoms. The highest BCUT2D eigenvalue weighted by atomic mass is 16.5. The summed E-state index contributed by atoms with van der Waals surface area (Å²) in [5, 5.41) is 3.45. The molecule has 0 amide bonds. The fraction of sp³-hybridized carbons (Fsp3) is 0.625. The molecule has 3 nitrogen and oxygen atoms in total. The number of hydrogen-bond acceptors (Lipinski definition) is 3. The SMILES string of the molecule is CNC1CCN(c2cc(C)ccc2OC)CC1(C)C. The Morgan fingerprint density at radius 2 is 2.11 bits per heavy atom. The van der Waals surface area contributed by atoms with Crippen molar-refractivity contribution in [2.45, 2.75) is 33.2 Å². The van der Waals surface area contributed by atoms with Gasteiger partial charge in [0.1, 0.15) is 5.75 Å². The highest BCUT2D eigenvalue weighted by Gasteiger charge is 2.35. The first-order valence-electron chi connectivity index (χ1n) is 7.05. The van der Waals surface area contributed by atoms with Crippen molar-refractivity contribution in [2.75, 3.05) is 32.1 Å². The number of piperidine rings is 1. The average Bonchev–Trinajstić information content (AvgIpc) is 2.37. The van der Waals surface area contributed by atoms with E-state index in [2.05, 4.69) is 56.2 Å². The van der Waals surface area contributed by atoms with Gasteiger partial charge in [0.15, 0.2) is 0 Å². The van der Waals surface area contributed by atoms with Gasteiger partial charge in [0.25, 0.3) is 0 Å². The van der Waals surface area contributed by atoms with Crippen molar-refractivity contribution in [2.24, 2.45) is 5.41 Å². The van der Waals surface area contributed by atoms with Gasteiger partial charge < -0.3 is 15.0 Å². The summed E-state index contributed by atoms with van der Waals surface area (Å²) in [6, 6.07) is 6.99. The molecule has 0 aromatic heterocycles. The van der Waals surface area contributed by atoms with Crippen LogP contribution in [0.2, 0.25) is 0 Å². The third kappa shape index (κ3) is 2.86. The summed E-state index contributed by atoms with van der Waals surface area (Å²) >= 11 is 0. The summed E-state index contributed by atoms with van der Waals surface area (Å²) in [5.74, 6) is 0.976. The lowest BCUT2D eigenvalue weighted by Gasteiger charge is -2.45. The Bertz CT molecular complexity index is 442. The normalized spacial score (nSPS) is 22.4. The van der Waals surface area contributed by atoms with Crippen LogP contribution in [0.3, 0.4) is 0 Å². The van der Waals surface area contributed by atoms with E-state index in [9.17, 15) is 0 Å². The van der Waals surface area contributed by atoms with Crippen LogP contribution in [0, 0.1) is 12.3 Å². The topological polar surface area (TPSA) is 24.5 Å². The van der Waals surface area contributed by atoms with E-state index in [0.717, 1.165) is 18.8 Å². The van der Waals surface area contributed by atoms with E-state index in [1.165, 1.54) is 17.7 Å². The molecule has 0 spiro atoms. The summed E-state index contributed by atoms with van der Waals surface area (Å²) in [4.78, 5) is 2.46. The zero-order chi connectivity index (χ0) is 14.0. The molecule has 0 aliphatic carbocycles. The maximum Gasteiger partial charge on any atom is 0.142 e.